The number of aliphatic hydroxyl groups excluding tert-OH is 2. The van der Waals surface area contributed by atoms with Gasteiger partial charge >= 0.3 is 6.18 Å². The number of carbonyl (C=O) groups excluding carboxylic acids is 1. The summed E-state index contributed by atoms with van der Waals surface area (Å²) in [5, 5.41) is 29.7. The number of nitrogens with zero attached hydrogens (tertiary/aromatic N) is 6. The van der Waals surface area contributed by atoms with Crippen LogP contribution in [0.5, 0.6) is 0 Å². The van der Waals surface area contributed by atoms with Gasteiger partial charge in [0.1, 0.15) is 24.4 Å². The van der Waals surface area contributed by atoms with Crippen LogP contribution in [-0.2, 0) is 17.5 Å². The van der Waals surface area contributed by atoms with Crippen molar-refractivity contribution in [3.05, 3.63) is 59.4 Å². The number of aliphatic hydroxyl groups is 2. The molecule has 12 nitrogen and oxygen atoms in total. The molecule has 16 heteroatoms. The van der Waals surface area contributed by atoms with Crippen molar-refractivity contribution < 1.29 is 28.2 Å². The van der Waals surface area contributed by atoms with Crippen LogP contribution in [-0.4, -0.2) is 70.9 Å². The third-order valence-corrected chi connectivity index (χ3v) is 6.37. The molecule has 4 aromatic rings. The maximum absolute atomic E-state index is 13.2. The smallest absolute Gasteiger partial charge is 0.388 e. The predicted molar refractivity (Wildman–Crippen MR) is 132 cm³/mol. The number of carbonyl (C=O) groups is 1. The molecule has 1 saturated heterocycles. The van der Waals surface area contributed by atoms with Crippen molar-refractivity contribution in [2.75, 3.05) is 12.4 Å². The molecule has 204 valence electrons. The van der Waals surface area contributed by atoms with Gasteiger partial charge in [-0.1, -0.05) is 11.6 Å². The van der Waals surface area contributed by atoms with Gasteiger partial charge in [-0.25, -0.2) is 15.0 Å². The second-order valence-corrected chi connectivity index (χ2v) is 9.12. The zero-order chi connectivity index (χ0) is 27.9. The molecule has 0 bridgehead atoms. The summed E-state index contributed by atoms with van der Waals surface area (Å²) in [5.41, 5.74) is 0.100. The van der Waals surface area contributed by atoms with Gasteiger partial charge in [0.25, 0.3) is 0 Å². The van der Waals surface area contributed by atoms with Gasteiger partial charge in [0, 0.05) is 31.2 Å². The minimum Gasteiger partial charge on any atom is -0.388 e. The van der Waals surface area contributed by atoms with Crippen LogP contribution in [0.4, 0.5) is 19.0 Å². The Kier molecular flexibility index (Phi) is 7.07. The number of pyridine rings is 2. The highest BCUT2D eigenvalue weighted by atomic mass is 35.5. The maximum Gasteiger partial charge on any atom is 0.416 e. The molecule has 5 N–H and O–H groups in total. The summed E-state index contributed by atoms with van der Waals surface area (Å²) < 4.78 is 40.9. The molecule has 5 rings (SSSR count). The minimum absolute atomic E-state index is 0.103. The van der Waals surface area contributed by atoms with Crippen molar-refractivity contribution in [2.24, 2.45) is 0 Å². The van der Waals surface area contributed by atoms with Crippen LogP contribution in [0.1, 0.15) is 17.4 Å². The van der Waals surface area contributed by atoms with Crippen LogP contribution in [0.3, 0.4) is 0 Å². The molecule has 1 fully saturated rings. The molecule has 0 spiro atoms. The van der Waals surface area contributed by atoms with Gasteiger partial charge in [-0.2, -0.15) is 13.2 Å². The van der Waals surface area contributed by atoms with Crippen molar-refractivity contribution in [3.63, 3.8) is 0 Å². The largest absolute Gasteiger partial charge is 0.416 e. The van der Waals surface area contributed by atoms with E-state index >= 15 is 0 Å². The Morgan fingerprint density at radius 3 is 2.69 bits per heavy atom. The Labute approximate surface area is 223 Å². The number of hydrogen-bond acceptors (Lipinski definition) is 10. The Balaban J connectivity index is 1.56. The van der Waals surface area contributed by atoms with Crippen LogP contribution >= 0.6 is 11.6 Å². The standard InChI is InChI=1S/C23H21ClF3N9O3/c1-28-22(39)14-16(37)17(38)21(33-14)36-9-32-15-19(31-8-13-5-11(2-3-30-13)23(25,26)27)34-18(35-20(15)36)10-4-12(24)7-29-6-10/h2-7,9,14,16-17,21,33,37-38H,8H2,1H3,(H,28,39)(H,31,34,35)/t14-,16+,17+,21-/m0/s1. The molecule has 4 atom stereocenters. The first-order chi connectivity index (χ1) is 18.6. The summed E-state index contributed by atoms with van der Waals surface area (Å²) in [6, 6.07) is 2.27. The Hall–Kier alpha value is -3.92. The summed E-state index contributed by atoms with van der Waals surface area (Å²) in [6.07, 6.45) is -3.05. The summed E-state index contributed by atoms with van der Waals surface area (Å²) in [4.78, 5) is 33.6. The molecule has 1 amide bonds. The van der Waals surface area contributed by atoms with E-state index in [0.29, 0.717) is 10.6 Å². The minimum atomic E-state index is -4.53. The number of nitrogens with one attached hydrogen (secondary N) is 3. The highest BCUT2D eigenvalue weighted by Gasteiger charge is 2.46. The van der Waals surface area contributed by atoms with E-state index in [4.69, 9.17) is 11.6 Å². The number of fused-ring (bicyclic) bond motifs is 1. The van der Waals surface area contributed by atoms with E-state index in [1.54, 1.807) is 6.07 Å². The number of halogens is 4. The van der Waals surface area contributed by atoms with Crippen molar-refractivity contribution in [2.45, 2.75) is 37.1 Å². The number of rotatable bonds is 6. The Morgan fingerprint density at radius 1 is 1.18 bits per heavy atom. The average Bonchev–Trinajstić information content (AvgIpc) is 3.47. The van der Waals surface area contributed by atoms with Gasteiger partial charge in [0.05, 0.1) is 29.2 Å². The normalized spacial score (nSPS) is 21.3. The van der Waals surface area contributed by atoms with Crippen molar-refractivity contribution in [1.82, 2.24) is 40.1 Å². The van der Waals surface area contributed by atoms with Gasteiger partial charge < -0.3 is 20.8 Å². The van der Waals surface area contributed by atoms with E-state index in [-0.39, 0.29) is 35.0 Å². The summed E-state index contributed by atoms with van der Waals surface area (Å²) in [5.74, 6) is -0.219. The lowest BCUT2D eigenvalue weighted by molar-refractivity contribution is -0.137. The lowest BCUT2D eigenvalue weighted by atomic mass is 10.1. The SMILES string of the molecule is CNC(=O)[C@H]1N[C@@H](n2cnc3c(NCc4cc(C(F)(F)F)ccn4)nc(-c4cncc(Cl)c4)nc32)[C@H](O)[C@@H]1O. The monoisotopic (exact) mass is 563 g/mol. The quantitative estimate of drug-likeness (QED) is 0.232. The first kappa shape index (κ1) is 26.7. The fraction of sp³-hybridized carbons (Fsp3) is 0.304. The molecule has 39 heavy (non-hydrogen) atoms. The lowest BCUT2D eigenvalue weighted by Crippen LogP contribution is -2.45. The number of anilines is 1. The number of hydrogen-bond donors (Lipinski definition) is 5. The second kappa shape index (κ2) is 10.3. The van der Waals surface area contributed by atoms with Crippen LogP contribution < -0.4 is 16.0 Å². The third-order valence-electron chi connectivity index (χ3n) is 6.16. The van der Waals surface area contributed by atoms with Crippen molar-refractivity contribution in [1.29, 1.82) is 0 Å². The van der Waals surface area contributed by atoms with Gasteiger partial charge in [-0.3, -0.25) is 24.6 Å². The van der Waals surface area contributed by atoms with Crippen molar-refractivity contribution >= 4 is 34.5 Å². The van der Waals surface area contributed by atoms with Gasteiger partial charge in [0.15, 0.2) is 22.8 Å². The van der Waals surface area contributed by atoms with E-state index in [2.05, 4.69) is 40.9 Å². The van der Waals surface area contributed by atoms with E-state index < -0.39 is 42.1 Å². The highest BCUT2D eigenvalue weighted by molar-refractivity contribution is 6.30. The molecule has 1 aliphatic heterocycles. The number of amides is 1. The number of likely N-dealkylation sites (N-methyl/N-ethyl adjacent to an activating group) is 1. The number of alkyl halides is 3. The molecule has 1 aliphatic rings. The van der Waals surface area contributed by atoms with E-state index in [1.165, 1.54) is 30.3 Å². The molecule has 0 radical (unpaired) electrons. The zero-order valence-electron chi connectivity index (χ0n) is 20.1. The van der Waals surface area contributed by atoms with E-state index in [0.717, 1.165) is 18.3 Å². The van der Waals surface area contributed by atoms with Crippen LogP contribution in [0.15, 0.2) is 43.1 Å². The zero-order valence-corrected chi connectivity index (χ0v) is 20.8. The Bertz CT molecular complexity index is 1530. The Morgan fingerprint density at radius 2 is 1.97 bits per heavy atom. The summed E-state index contributed by atoms with van der Waals surface area (Å²) in [7, 11) is 1.40. The molecule has 5 heterocycles. The van der Waals surface area contributed by atoms with Gasteiger partial charge in [-0.05, 0) is 18.2 Å². The molecule has 0 unspecified atom stereocenters. The topological polar surface area (TPSA) is 163 Å². The first-order valence-corrected chi connectivity index (χ1v) is 11.9. The first-order valence-electron chi connectivity index (χ1n) is 11.5. The van der Waals surface area contributed by atoms with E-state index in [1.807, 2.05) is 0 Å². The number of aromatic nitrogens is 6. The fourth-order valence-electron chi connectivity index (χ4n) is 4.23. The second-order valence-electron chi connectivity index (χ2n) is 8.68. The molecule has 0 aromatic carbocycles. The maximum atomic E-state index is 13.2. The summed E-state index contributed by atoms with van der Waals surface area (Å²) in [6.45, 7) is -0.127. The van der Waals surface area contributed by atoms with Crippen LogP contribution in [0.25, 0.3) is 22.6 Å². The van der Waals surface area contributed by atoms with Crippen LogP contribution in [0, 0.1) is 0 Å². The molecular formula is C23H21ClF3N9O3. The third kappa shape index (κ3) is 5.21. The average molecular weight is 564 g/mol. The molecule has 4 aromatic heterocycles. The molecular weight excluding hydrogens is 543 g/mol. The molecule has 0 saturated carbocycles. The fourth-order valence-corrected chi connectivity index (χ4v) is 4.40. The van der Waals surface area contributed by atoms with Crippen LogP contribution in [0.2, 0.25) is 5.02 Å². The molecule has 0 aliphatic carbocycles. The number of imidazole rings is 1. The highest BCUT2D eigenvalue weighted by Crippen LogP contribution is 2.31. The predicted octanol–water partition coefficient (Wildman–Crippen LogP) is 1.51. The van der Waals surface area contributed by atoms with Gasteiger partial charge in [0.2, 0.25) is 5.91 Å². The van der Waals surface area contributed by atoms with Gasteiger partial charge in [-0.15, -0.1) is 0 Å². The van der Waals surface area contributed by atoms with Crippen molar-refractivity contribution in [3.8, 4) is 11.4 Å². The summed E-state index contributed by atoms with van der Waals surface area (Å²) >= 11 is 6.09. The lowest BCUT2D eigenvalue weighted by Gasteiger charge is -2.18. The van der Waals surface area contributed by atoms with E-state index in [9.17, 15) is 28.2 Å².